The molecule has 26 heavy (non-hydrogen) atoms. The van der Waals surface area contributed by atoms with Crippen LogP contribution >= 0.6 is 0 Å². The van der Waals surface area contributed by atoms with Crippen LogP contribution in [0.2, 0.25) is 0 Å². The van der Waals surface area contributed by atoms with Crippen LogP contribution in [0.1, 0.15) is 13.8 Å². The summed E-state index contributed by atoms with van der Waals surface area (Å²) in [5.41, 5.74) is 1.66. The molecule has 0 radical (unpaired) electrons. The van der Waals surface area contributed by atoms with E-state index >= 15 is 0 Å². The second-order valence-electron chi connectivity index (χ2n) is 5.76. The molecule has 0 amide bonds. The molecule has 2 rings (SSSR count). The fourth-order valence-electron chi connectivity index (χ4n) is 2.74. The van der Waals surface area contributed by atoms with Gasteiger partial charge in [0.25, 0.3) is 0 Å². The van der Waals surface area contributed by atoms with Gasteiger partial charge in [0.05, 0.1) is 41.7 Å². The highest BCUT2D eigenvalue weighted by molar-refractivity contribution is 5.80. The van der Waals surface area contributed by atoms with Gasteiger partial charge in [-0.15, -0.1) is 0 Å². The molecular weight excluding hydrogens is 336 g/mol. The lowest BCUT2D eigenvalue weighted by atomic mass is 10.0. The fraction of sp³-hybridized carbons (Fsp3) is 0.400. The Morgan fingerprint density at radius 1 is 0.615 bits per heavy atom. The Balaban J connectivity index is 2.71. The van der Waals surface area contributed by atoms with Gasteiger partial charge in [0.2, 0.25) is 11.5 Å². The van der Waals surface area contributed by atoms with Crippen molar-refractivity contribution < 1.29 is 28.4 Å². The van der Waals surface area contributed by atoms with Crippen molar-refractivity contribution >= 4 is 0 Å². The molecule has 0 aromatic heterocycles. The van der Waals surface area contributed by atoms with Crippen LogP contribution in [0.4, 0.5) is 0 Å². The lowest BCUT2D eigenvalue weighted by Crippen LogP contribution is -2.07. The molecule has 6 heteroatoms. The van der Waals surface area contributed by atoms with Crippen LogP contribution in [-0.2, 0) is 0 Å². The van der Waals surface area contributed by atoms with E-state index in [0.29, 0.717) is 34.5 Å². The minimum absolute atomic E-state index is 0.0148. The van der Waals surface area contributed by atoms with Crippen LogP contribution in [0.15, 0.2) is 24.3 Å². The number of hydrogen-bond donors (Lipinski definition) is 0. The van der Waals surface area contributed by atoms with Gasteiger partial charge in [-0.25, -0.2) is 0 Å². The molecular formula is C20H26O6. The Hall–Kier alpha value is -2.76. The first-order chi connectivity index (χ1) is 12.5. The molecule has 2 aromatic carbocycles. The lowest BCUT2D eigenvalue weighted by molar-refractivity contribution is 0.230. The molecule has 0 saturated carbocycles. The van der Waals surface area contributed by atoms with Gasteiger partial charge in [-0.05, 0) is 37.6 Å². The van der Waals surface area contributed by atoms with Gasteiger partial charge in [0, 0.05) is 5.56 Å². The second-order valence-corrected chi connectivity index (χ2v) is 5.76. The molecule has 6 nitrogen and oxygen atoms in total. The van der Waals surface area contributed by atoms with Crippen LogP contribution in [0.25, 0.3) is 11.1 Å². The Bertz CT molecular complexity index is 754. The predicted octanol–water partition coefficient (Wildman–Crippen LogP) is 4.18. The van der Waals surface area contributed by atoms with Gasteiger partial charge in [-0.3, -0.25) is 0 Å². The predicted molar refractivity (Wildman–Crippen MR) is 100 cm³/mol. The van der Waals surface area contributed by atoms with Gasteiger partial charge in [0.15, 0.2) is 23.0 Å². The van der Waals surface area contributed by atoms with Crippen LogP contribution < -0.4 is 28.4 Å². The monoisotopic (exact) mass is 362 g/mol. The van der Waals surface area contributed by atoms with Crippen molar-refractivity contribution in [2.24, 2.45) is 0 Å². The van der Waals surface area contributed by atoms with E-state index in [1.165, 1.54) is 0 Å². The number of benzene rings is 2. The number of methoxy groups -OCH3 is 5. The maximum atomic E-state index is 5.88. The Morgan fingerprint density at radius 3 is 1.73 bits per heavy atom. The summed E-state index contributed by atoms with van der Waals surface area (Å²) in [4.78, 5) is 0. The molecule has 0 heterocycles. The van der Waals surface area contributed by atoms with Crippen molar-refractivity contribution in [1.82, 2.24) is 0 Å². The van der Waals surface area contributed by atoms with Gasteiger partial charge < -0.3 is 28.4 Å². The zero-order valence-electron chi connectivity index (χ0n) is 16.3. The fourth-order valence-corrected chi connectivity index (χ4v) is 2.74. The van der Waals surface area contributed by atoms with Crippen LogP contribution in [0.3, 0.4) is 0 Å². The number of hydrogen-bond acceptors (Lipinski definition) is 6. The van der Waals surface area contributed by atoms with E-state index in [-0.39, 0.29) is 6.10 Å². The normalized spacial score (nSPS) is 10.5. The molecule has 0 aliphatic carbocycles. The van der Waals surface area contributed by atoms with E-state index in [0.717, 1.165) is 11.1 Å². The Labute approximate surface area is 154 Å². The van der Waals surface area contributed by atoms with E-state index in [1.54, 1.807) is 35.5 Å². The molecule has 0 spiro atoms. The van der Waals surface area contributed by atoms with Crippen molar-refractivity contribution in [3.63, 3.8) is 0 Å². The summed E-state index contributed by atoms with van der Waals surface area (Å²) in [6, 6.07) is 7.54. The van der Waals surface area contributed by atoms with Crippen LogP contribution in [0.5, 0.6) is 34.5 Å². The maximum absolute atomic E-state index is 5.88. The third kappa shape index (κ3) is 3.74. The van der Waals surface area contributed by atoms with E-state index in [2.05, 4.69) is 0 Å². The maximum Gasteiger partial charge on any atom is 0.207 e. The molecule has 0 aliphatic heterocycles. The summed E-state index contributed by atoms with van der Waals surface area (Å²) in [6.07, 6.45) is 0.0148. The summed E-state index contributed by atoms with van der Waals surface area (Å²) in [5, 5.41) is 0. The first-order valence-electron chi connectivity index (χ1n) is 8.22. The molecule has 0 unspecified atom stereocenters. The summed E-state index contributed by atoms with van der Waals surface area (Å²) in [6.45, 7) is 3.93. The molecule has 0 aliphatic rings. The molecule has 0 atom stereocenters. The van der Waals surface area contributed by atoms with E-state index in [4.69, 9.17) is 28.4 Å². The molecule has 0 fully saturated rings. The van der Waals surface area contributed by atoms with Crippen LogP contribution in [-0.4, -0.2) is 41.7 Å². The summed E-state index contributed by atoms with van der Waals surface area (Å²) in [5.74, 6) is 3.34. The summed E-state index contributed by atoms with van der Waals surface area (Å²) in [7, 11) is 7.89. The van der Waals surface area contributed by atoms with Crippen molar-refractivity contribution in [3.05, 3.63) is 24.3 Å². The number of ether oxygens (including phenoxy) is 6. The zero-order valence-corrected chi connectivity index (χ0v) is 16.3. The van der Waals surface area contributed by atoms with Gasteiger partial charge in [0.1, 0.15) is 0 Å². The van der Waals surface area contributed by atoms with Gasteiger partial charge in [-0.1, -0.05) is 6.07 Å². The summed E-state index contributed by atoms with van der Waals surface area (Å²) >= 11 is 0. The van der Waals surface area contributed by atoms with Gasteiger partial charge in [-0.2, -0.15) is 0 Å². The molecule has 2 aromatic rings. The Morgan fingerprint density at radius 2 is 1.23 bits per heavy atom. The number of rotatable bonds is 8. The van der Waals surface area contributed by atoms with Crippen molar-refractivity contribution in [1.29, 1.82) is 0 Å². The van der Waals surface area contributed by atoms with Crippen molar-refractivity contribution in [2.75, 3.05) is 35.5 Å². The van der Waals surface area contributed by atoms with E-state index in [9.17, 15) is 0 Å². The van der Waals surface area contributed by atoms with E-state index in [1.807, 2.05) is 38.1 Å². The minimum atomic E-state index is 0.0148. The van der Waals surface area contributed by atoms with E-state index < -0.39 is 0 Å². The first-order valence-corrected chi connectivity index (χ1v) is 8.22. The molecule has 0 N–H and O–H groups in total. The topological polar surface area (TPSA) is 55.4 Å². The standard InChI is InChI=1S/C20H26O6/c1-12(2)26-16-10-13(8-9-15(16)21-3)14-11-17(22-4)19(24-6)20(25-7)18(14)23-5/h8-12H,1-7H3. The zero-order chi connectivity index (χ0) is 19.3. The quantitative estimate of drug-likeness (QED) is 0.702. The average molecular weight is 362 g/mol. The smallest absolute Gasteiger partial charge is 0.207 e. The SMILES string of the molecule is COc1ccc(-c2cc(OC)c(OC)c(OC)c2OC)cc1OC(C)C. The highest BCUT2D eigenvalue weighted by atomic mass is 16.5. The molecule has 0 bridgehead atoms. The highest BCUT2D eigenvalue weighted by Gasteiger charge is 2.23. The minimum Gasteiger partial charge on any atom is -0.493 e. The molecule has 0 saturated heterocycles. The summed E-state index contributed by atoms with van der Waals surface area (Å²) < 4.78 is 33.3. The third-order valence-electron chi connectivity index (χ3n) is 3.83. The molecule has 142 valence electrons. The second kappa shape index (κ2) is 8.56. The highest BCUT2D eigenvalue weighted by Crippen LogP contribution is 2.50. The third-order valence-corrected chi connectivity index (χ3v) is 3.83. The van der Waals surface area contributed by atoms with Crippen molar-refractivity contribution in [2.45, 2.75) is 20.0 Å². The largest absolute Gasteiger partial charge is 0.493 e. The average Bonchev–Trinajstić information content (AvgIpc) is 2.65. The van der Waals surface area contributed by atoms with Crippen molar-refractivity contribution in [3.8, 4) is 45.6 Å². The Kier molecular flexibility index (Phi) is 6.44. The van der Waals surface area contributed by atoms with Gasteiger partial charge >= 0.3 is 0 Å². The van der Waals surface area contributed by atoms with Crippen LogP contribution in [0, 0.1) is 0 Å². The first kappa shape index (κ1) is 19.6. The lowest BCUT2D eigenvalue weighted by Gasteiger charge is -2.20.